The molecule has 0 spiro atoms. The fraction of sp³-hybridized carbons (Fsp3) is 0.651. The molecule has 0 bridgehead atoms. The van der Waals surface area contributed by atoms with Crippen molar-refractivity contribution in [2.75, 3.05) is 46.5 Å². The average molecular weight is 838 g/mol. The van der Waals surface area contributed by atoms with Crippen LogP contribution in [0.5, 0.6) is 5.88 Å². The summed E-state index contributed by atoms with van der Waals surface area (Å²) >= 11 is 1.61. The van der Waals surface area contributed by atoms with E-state index in [1.54, 1.807) is 22.3 Å². The Bertz CT molecular complexity index is 1840. The first kappa shape index (κ1) is 43.9. The van der Waals surface area contributed by atoms with Gasteiger partial charge in [0.1, 0.15) is 18.1 Å². The Kier molecular flexibility index (Phi) is 14.2. The SMILES string of the molecule is COC(=O)C1CCC(Oc2cc([C@H](C(=O)N3C[C@H](O[Si](C)(C)C(C)(C)C)C[C@H]3C(=O)N[C@@H](CN3CCOCC3)c3ccc(-c4scnc4C)cc3)C(C)C)on2)CC1. The number of likely N-dealkylation sites (tertiary alicyclic amines) is 1. The number of hydrogen-bond donors (Lipinski definition) is 1. The van der Waals surface area contributed by atoms with E-state index in [9.17, 15) is 14.4 Å². The Morgan fingerprint density at radius 2 is 1.72 bits per heavy atom. The number of esters is 1. The van der Waals surface area contributed by atoms with Crippen LogP contribution < -0.4 is 10.1 Å². The van der Waals surface area contributed by atoms with Crippen molar-refractivity contribution in [2.45, 2.75) is 122 Å². The normalized spacial score (nSPS) is 23.1. The van der Waals surface area contributed by atoms with Crippen molar-refractivity contribution >= 4 is 37.4 Å². The summed E-state index contributed by atoms with van der Waals surface area (Å²) in [6.07, 6.45) is 2.70. The number of methoxy groups -OCH3 is 1. The van der Waals surface area contributed by atoms with Gasteiger partial charge in [-0.15, -0.1) is 11.3 Å². The number of rotatable bonds is 14. The van der Waals surface area contributed by atoms with Crippen LogP contribution in [0.4, 0.5) is 0 Å². The number of nitrogens with one attached hydrogen (secondary N) is 1. The number of nitrogens with zero attached hydrogens (tertiary/aromatic N) is 4. The van der Waals surface area contributed by atoms with Crippen LogP contribution in [-0.4, -0.2) is 111 Å². The number of thiazole rings is 1. The molecular weight excluding hydrogens is 775 g/mol. The van der Waals surface area contributed by atoms with Gasteiger partial charge in [-0.1, -0.05) is 58.9 Å². The van der Waals surface area contributed by atoms with E-state index in [2.05, 4.69) is 78.5 Å². The fourth-order valence-corrected chi connectivity index (χ4v) is 10.3. The zero-order valence-corrected chi connectivity index (χ0v) is 37.6. The lowest BCUT2D eigenvalue weighted by molar-refractivity contribution is -0.147. The number of amides is 2. The van der Waals surface area contributed by atoms with Crippen molar-refractivity contribution < 1.29 is 37.5 Å². The van der Waals surface area contributed by atoms with Gasteiger partial charge in [0.2, 0.25) is 11.8 Å². The van der Waals surface area contributed by atoms with Crippen LogP contribution in [0.15, 0.2) is 40.4 Å². The van der Waals surface area contributed by atoms with Crippen LogP contribution in [0.3, 0.4) is 0 Å². The van der Waals surface area contributed by atoms with Crippen molar-refractivity contribution in [2.24, 2.45) is 11.8 Å². The van der Waals surface area contributed by atoms with Crippen LogP contribution >= 0.6 is 11.3 Å². The first-order valence-corrected chi connectivity index (χ1v) is 24.6. The number of carbonyl (C=O) groups excluding carboxylic acids is 3. The summed E-state index contributed by atoms with van der Waals surface area (Å²) in [7, 11) is -0.834. The van der Waals surface area contributed by atoms with Crippen LogP contribution in [0.1, 0.15) is 95.7 Å². The summed E-state index contributed by atoms with van der Waals surface area (Å²) in [5.41, 5.74) is 4.93. The Labute approximate surface area is 348 Å². The van der Waals surface area contributed by atoms with Gasteiger partial charge in [0, 0.05) is 38.7 Å². The number of aryl methyl sites for hydroxylation is 1. The molecule has 0 radical (unpaired) electrons. The molecule has 15 heteroatoms. The highest BCUT2D eigenvalue weighted by molar-refractivity contribution is 7.13. The van der Waals surface area contributed by atoms with Gasteiger partial charge in [-0.2, -0.15) is 0 Å². The van der Waals surface area contributed by atoms with Gasteiger partial charge >= 0.3 is 5.97 Å². The Morgan fingerprint density at radius 1 is 1.03 bits per heavy atom. The quantitative estimate of drug-likeness (QED) is 0.131. The minimum Gasteiger partial charge on any atom is -0.472 e. The summed E-state index contributed by atoms with van der Waals surface area (Å²) in [6, 6.07) is 9.00. The summed E-state index contributed by atoms with van der Waals surface area (Å²) < 4.78 is 29.5. The number of aromatic nitrogens is 2. The van der Waals surface area contributed by atoms with E-state index in [0.29, 0.717) is 70.0 Å². The molecule has 3 aliphatic rings. The molecule has 2 aromatic heterocycles. The van der Waals surface area contributed by atoms with Gasteiger partial charge in [-0.3, -0.25) is 19.3 Å². The minimum atomic E-state index is -2.25. The van der Waals surface area contributed by atoms with Crippen LogP contribution in [0.25, 0.3) is 10.4 Å². The van der Waals surface area contributed by atoms with Crippen molar-refractivity contribution in [3.63, 3.8) is 0 Å². The van der Waals surface area contributed by atoms with Gasteiger partial charge < -0.3 is 33.4 Å². The van der Waals surface area contributed by atoms with E-state index in [1.807, 2.05) is 26.3 Å². The van der Waals surface area contributed by atoms with Gasteiger partial charge in [-0.25, -0.2) is 4.98 Å². The standard InChI is InChI=1S/C43H63N5O8SSi/c1-27(2)38(36-23-37(46-55-36)54-32-16-14-31(15-17-32)42(51)52-7)41(50)48-24-33(56-58(8,9)43(4,5)6)22-35(48)40(49)45-34(25-47-18-20-53-21-19-47)29-10-12-30(13-11-29)39-28(3)44-26-57-39/h10-13,23,26-27,31-35,38H,14-22,24-25H2,1-9H3,(H,45,49)/t31?,32?,33-,34+,35+,38-/m1/s1. The molecule has 1 aromatic carbocycles. The molecule has 2 saturated heterocycles. The average Bonchev–Trinajstić information content (AvgIpc) is 3.94. The molecule has 4 atom stereocenters. The summed E-state index contributed by atoms with van der Waals surface area (Å²) in [4.78, 5) is 51.3. The molecule has 2 aliphatic heterocycles. The highest BCUT2D eigenvalue weighted by atomic mass is 32.1. The molecule has 3 aromatic rings. The van der Waals surface area contributed by atoms with E-state index in [1.165, 1.54) is 7.11 Å². The van der Waals surface area contributed by atoms with Crippen molar-refractivity contribution in [3.8, 4) is 16.3 Å². The summed E-state index contributed by atoms with van der Waals surface area (Å²) in [6.45, 7) is 20.7. The molecule has 1 aliphatic carbocycles. The zero-order valence-electron chi connectivity index (χ0n) is 35.7. The van der Waals surface area contributed by atoms with Gasteiger partial charge in [0.05, 0.1) is 54.5 Å². The van der Waals surface area contributed by atoms with Gasteiger partial charge in [-0.05, 0) is 72.9 Å². The zero-order chi connectivity index (χ0) is 41.8. The molecule has 0 unspecified atom stereocenters. The first-order valence-electron chi connectivity index (χ1n) is 20.8. The predicted octanol–water partition coefficient (Wildman–Crippen LogP) is 7.14. The Morgan fingerprint density at radius 3 is 2.33 bits per heavy atom. The molecular formula is C43H63N5O8SSi. The number of carbonyl (C=O) groups is 3. The lowest BCUT2D eigenvalue weighted by Crippen LogP contribution is -2.50. The van der Waals surface area contributed by atoms with E-state index in [4.69, 9.17) is 23.2 Å². The Hall–Kier alpha value is -3.63. The topological polar surface area (TPSA) is 146 Å². The second-order valence-electron chi connectivity index (χ2n) is 18.0. The molecule has 2 amide bonds. The largest absolute Gasteiger partial charge is 0.472 e. The molecule has 1 N–H and O–H groups in total. The van der Waals surface area contributed by atoms with E-state index in [0.717, 1.165) is 34.8 Å². The smallest absolute Gasteiger partial charge is 0.308 e. The summed E-state index contributed by atoms with van der Waals surface area (Å²) in [5, 5.41) is 7.57. The third kappa shape index (κ3) is 10.4. The second kappa shape index (κ2) is 18.7. The maximum Gasteiger partial charge on any atom is 0.308 e. The maximum absolute atomic E-state index is 14.9. The Balaban J connectivity index is 1.24. The third-order valence-corrected chi connectivity index (χ3v) is 18.1. The molecule has 13 nitrogen and oxygen atoms in total. The van der Waals surface area contributed by atoms with Crippen molar-refractivity contribution in [1.29, 1.82) is 0 Å². The molecule has 3 fully saturated rings. The summed E-state index contributed by atoms with van der Waals surface area (Å²) in [5.74, 6) is -0.870. The molecule has 4 heterocycles. The lowest BCUT2D eigenvalue weighted by atomic mass is 9.87. The van der Waals surface area contributed by atoms with Crippen LogP contribution in [0.2, 0.25) is 18.1 Å². The lowest BCUT2D eigenvalue weighted by Gasteiger charge is -2.38. The third-order valence-electron chi connectivity index (χ3n) is 12.5. The molecule has 6 rings (SSSR count). The monoisotopic (exact) mass is 837 g/mol. The van der Waals surface area contributed by atoms with E-state index >= 15 is 0 Å². The van der Waals surface area contributed by atoms with Crippen LogP contribution in [0, 0.1) is 18.8 Å². The fourth-order valence-electron chi connectivity index (χ4n) is 8.10. The number of morpholine rings is 1. The first-order chi connectivity index (χ1) is 27.5. The number of benzene rings is 1. The molecule has 318 valence electrons. The van der Waals surface area contributed by atoms with E-state index < -0.39 is 20.3 Å². The number of ether oxygens (including phenoxy) is 3. The molecule has 1 saturated carbocycles. The van der Waals surface area contributed by atoms with E-state index in [-0.39, 0.29) is 52.9 Å². The van der Waals surface area contributed by atoms with Crippen LogP contribution in [-0.2, 0) is 28.3 Å². The molecule has 58 heavy (non-hydrogen) atoms. The van der Waals surface area contributed by atoms with Crippen molar-refractivity contribution in [1.82, 2.24) is 25.3 Å². The van der Waals surface area contributed by atoms with Gasteiger partial charge in [0.15, 0.2) is 14.1 Å². The maximum atomic E-state index is 14.9. The second-order valence-corrected chi connectivity index (χ2v) is 23.6. The number of hydrogen-bond acceptors (Lipinski definition) is 12. The highest BCUT2D eigenvalue weighted by Gasteiger charge is 2.48. The highest BCUT2D eigenvalue weighted by Crippen LogP contribution is 2.40. The predicted molar refractivity (Wildman–Crippen MR) is 225 cm³/mol. The van der Waals surface area contributed by atoms with Gasteiger partial charge in [0.25, 0.3) is 5.88 Å². The minimum absolute atomic E-state index is 0.0510. The van der Waals surface area contributed by atoms with Crippen molar-refractivity contribution in [3.05, 3.63) is 52.9 Å².